The van der Waals surface area contributed by atoms with E-state index in [1.807, 2.05) is 49.4 Å². The van der Waals surface area contributed by atoms with Crippen molar-refractivity contribution in [2.75, 3.05) is 13.1 Å². The molecule has 1 fully saturated rings. The van der Waals surface area contributed by atoms with E-state index in [1.165, 1.54) is 4.31 Å². The summed E-state index contributed by atoms with van der Waals surface area (Å²) in [5.41, 5.74) is 2.45. The van der Waals surface area contributed by atoms with Crippen LogP contribution in [0.5, 0.6) is 0 Å². The van der Waals surface area contributed by atoms with Gasteiger partial charge in [0.15, 0.2) is 5.78 Å². The Morgan fingerprint density at radius 2 is 1.76 bits per heavy atom. The highest BCUT2D eigenvalue weighted by atomic mass is 32.2. The minimum Gasteiger partial charge on any atom is -0.294 e. The van der Waals surface area contributed by atoms with Crippen LogP contribution < -0.4 is 0 Å². The zero-order valence-corrected chi connectivity index (χ0v) is 15.2. The highest BCUT2D eigenvalue weighted by Crippen LogP contribution is 2.25. The zero-order chi connectivity index (χ0) is 17.9. The van der Waals surface area contributed by atoms with E-state index in [0.29, 0.717) is 12.1 Å². The Morgan fingerprint density at radius 1 is 1.08 bits per heavy atom. The van der Waals surface area contributed by atoms with Crippen LogP contribution in [0.4, 0.5) is 0 Å². The topological polar surface area (TPSA) is 54.5 Å². The second-order valence-corrected chi connectivity index (χ2v) is 8.58. The lowest BCUT2D eigenvalue weighted by Crippen LogP contribution is -2.42. The number of piperidine rings is 1. The Morgan fingerprint density at radius 3 is 2.48 bits per heavy atom. The fraction of sp³-hybridized carbons (Fsp3) is 0.350. The van der Waals surface area contributed by atoms with E-state index in [0.717, 1.165) is 24.0 Å². The maximum absolute atomic E-state index is 12.8. The van der Waals surface area contributed by atoms with Crippen LogP contribution >= 0.6 is 0 Å². The molecule has 0 amide bonds. The molecule has 1 saturated heterocycles. The van der Waals surface area contributed by atoms with Crippen molar-refractivity contribution in [2.45, 2.75) is 25.5 Å². The van der Waals surface area contributed by atoms with E-state index in [-0.39, 0.29) is 24.0 Å². The summed E-state index contributed by atoms with van der Waals surface area (Å²) in [6.07, 6.45) is 1.46. The van der Waals surface area contributed by atoms with E-state index in [4.69, 9.17) is 0 Å². The van der Waals surface area contributed by atoms with E-state index >= 15 is 0 Å². The van der Waals surface area contributed by atoms with Gasteiger partial charge in [0.1, 0.15) is 0 Å². The first kappa shape index (κ1) is 17.8. The summed E-state index contributed by atoms with van der Waals surface area (Å²) < 4.78 is 27.1. The van der Waals surface area contributed by atoms with Crippen LogP contribution in [-0.4, -0.2) is 31.6 Å². The number of Topliss-reactive ketones (excluding diaryl/α,β-unsaturated/α-hetero) is 1. The largest absolute Gasteiger partial charge is 0.294 e. The number of rotatable bonds is 5. The fourth-order valence-electron chi connectivity index (χ4n) is 3.31. The van der Waals surface area contributed by atoms with Gasteiger partial charge in [-0.05, 0) is 30.9 Å². The lowest BCUT2D eigenvalue weighted by Gasteiger charge is -2.31. The fourth-order valence-corrected chi connectivity index (χ4v) is 5.02. The highest BCUT2D eigenvalue weighted by Gasteiger charge is 2.32. The van der Waals surface area contributed by atoms with Crippen LogP contribution in [0, 0.1) is 12.8 Å². The normalized spacial score (nSPS) is 18.8. The molecule has 0 aromatic heterocycles. The molecule has 0 aliphatic carbocycles. The molecule has 2 aromatic rings. The number of aryl methyl sites for hydroxylation is 1. The highest BCUT2D eigenvalue weighted by molar-refractivity contribution is 7.88. The third-order valence-electron chi connectivity index (χ3n) is 4.81. The van der Waals surface area contributed by atoms with Crippen LogP contribution in [-0.2, 0) is 15.8 Å². The molecule has 0 saturated carbocycles. The molecule has 3 rings (SSSR count). The van der Waals surface area contributed by atoms with Gasteiger partial charge in [-0.3, -0.25) is 4.79 Å². The Balaban J connectivity index is 1.74. The van der Waals surface area contributed by atoms with Gasteiger partial charge in [0.05, 0.1) is 5.75 Å². The molecule has 1 atom stereocenters. The number of carbonyl (C=O) groups excluding carboxylic acids is 1. The van der Waals surface area contributed by atoms with Crippen molar-refractivity contribution in [1.82, 2.24) is 4.31 Å². The molecule has 2 aromatic carbocycles. The van der Waals surface area contributed by atoms with Crippen molar-refractivity contribution in [1.29, 1.82) is 0 Å². The maximum atomic E-state index is 12.8. The summed E-state index contributed by atoms with van der Waals surface area (Å²) in [7, 11) is -3.43. The van der Waals surface area contributed by atoms with Gasteiger partial charge in [-0.1, -0.05) is 54.6 Å². The SMILES string of the molecule is Cc1ccccc1CS(=O)(=O)N1CCCC(C(=O)c2ccccc2)C1. The first-order valence-corrected chi connectivity index (χ1v) is 10.2. The molecule has 132 valence electrons. The Hall–Kier alpha value is -1.98. The van der Waals surface area contributed by atoms with E-state index < -0.39 is 10.0 Å². The van der Waals surface area contributed by atoms with Crippen molar-refractivity contribution in [3.63, 3.8) is 0 Å². The van der Waals surface area contributed by atoms with Gasteiger partial charge in [0.2, 0.25) is 10.0 Å². The number of carbonyl (C=O) groups is 1. The summed E-state index contributed by atoms with van der Waals surface area (Å²) in [4.78, 5) is 12.7. The molecule has 1 unspecified atom stereocenters. The minimum absolute atomic E-state index is 0.00802. The Labute approximate surface area is 149 Å². The summed E-state index contributed by atoms with van der Waals surface area (Å²) in [5, 5.41) is 0. The molecule has 4 nitrogen and oxygen atoms in total. The monoisotopic (exact) mass is 357 g/mol. The number of nitrogens with zero attached hydrogens (tertiary/aromatic N) is 1. The van der Waals surface area contributed by atoms with Crippen LogP contribution in [0.15, 0.2) is 54.6 Å². The molecule has 0 radical (unpaired) electrons. The van der Waals surface area contributed by atoms with Crippen LogP contribution in [0.1, 0.15) is 34.3 Å². The van der Waals surface area contributed by atoms with Crippen molar-refractivity contribution in [3.8, 4) is 0 Å². The summed E-state index contributed by atoms with van der Waals surface area (Å²) in [5.74, 6) is -0.231. The second kappa shape index (κ2) is 7.50. The molecule has 1 aliphatic rings. The predicted octanol–water partition coefficient (Wildman–Crippen LogP) is 3.42. The molecule has 1 heterocycles. The standard InChI is InChI=1S/C20H23NO3S/c1-16-8-5-6-11-19(16)15-25(23,24)21-13-7-12-18(14-21)20(22)17-9-3-2-4-10-17/h2-6,8-11,18H,7,12-15H2,1H3. The lowest BCUT2D eigenvalue weighted by atomic mass is 9.91. The van der Waals surface area contributed by atoms with Gasteiger partial charge >= 0.3 is 0 Å². The van der Waals surface area contributed by atoms with Gasteiger partial charge in [-0.15, -0.1) is 0 Å². The van der Waals surface area contributed by atoms with E-state index in [1.54, 1.807) is 12.1 Å². The van der Waals surface area contributed by atoms with Crippen molar-refractivity contribution >= 4 is 15.8 Å². The van der Waals surface area contributed by atoms with Gasteiger partial charge in [0.25, 0.3) is 0 Å². The number of hydrogen-bond acceptors (Lipinski definition) is 3. The molecule has 0 N–H and O–H groups in total. The van der Waals surface area contributed by atoms with Crippen molar-refractivity contribution in [3.05, 3.63) is 71.3 Å². The molecule has 25 heavy (non-hydrogen) atoms. The lowest BCUT2D eigenvalue weighted by molar-refractivity contribution is 0.0872. The van der Waals surface area contributed by atoms with Crippen LogP contribution in [0.3, 0.4) is 0 Å². The van der Waals surface area contributed by atoms with Crippen molar-refractivity contribution in [2.24, 2.45) is 5.92 Å². The third-order valence-corrected chi connectivity index (χ3v) is 6.60. The average molecular weight is 357 g/mol. The zero-order valence-electron chi connectivity index (χ0n) is 14.4. The summed E-state index contributed by atoms with van der Waals surface area (Å²) >= 11 is 0. The number of sulfonamides is 1. The quantitative estimate of drug-likeness (QED) is 0.771. The molecular weight excluding hydrogens is 334 g/mol. The van der Waals surface area contributed by atoms with Gasteiger partial charge in [0, 0.05) is 24.6 Å². The number of ketones is 1. The Kier molecular flexibility index (Phi) is 5.35. The molecule has 0 spiro atoms. The minimum atomic E-state index is -3.43. The molecule has 1 aliphatic heterocycles. The first-order chi connectivity index (χ1) is 12.0. The number of benzene rings is 2. The van der Waals surface area contributed by atoms with Gasteiger partial charge in [-0.25, -0.2) is 12.7 Å². The summed E-state index contributed by atoms with van der Waals surface area (Å²) in [6.45, 7) is 2.69. The molecule has 5 heteroatoms. The molecule has 0 bridgehead atoms. The number of hydrogen-bond donors (Lipinski definition) is 0. The first-order valence-electron chi connectivity index (χ1n) is 8.59. The van der Waals surface area contributed by atoms with E-state index in [2.05, 4.69) is 0 Å². The van der Waals surface area contributed by atoms with E-state index in [9.17, 15) is 13.2 Å². The van der Waals surface area contributed by atoms with Crippen LogP contribution in [0.2, 0.25) is 0 Å². The van der Waals surface area contributed by atoms with Gasteiger partial charge in [-0.2, -0.15) is 0 Å². The Bertz CT molecular complexity index is 846. The van der Waals surface area contributed by atoms with Crippen LogP contribution in [0.25, 0.3) is 0 Å². The van der Waals surface area contributed by atoms with Crippen molar-refractivity contribution < 1.29 is 13.2 Å². The second-order valence-electron chi connectivity index (χ2n) is 6.61. The summed E-state index contributed by atoms with van der Waals surface area (Å²) in [6, 6.07) is 16.7. The maximum Gasteiger partial charge on any atom is 0.218 e. The predicted molar refractivity (Wildman–Crippen MR) is 98.9 cm³/mol. The molecular formula is C20H23NO3S. The average Bonchev–Trinajstić information content (AvgIpc) is 2.64. The van der Waals surface area contributed by atoms with Gasteiger partial charge < -0.3 is 0 Å². The smallest absolute Gasteiger partial charge is 0.218 e. The third kappa shape index (κ3) is 4.17.